The maximum absolute atomic E-state index is 13.4. The van der Waals surface area contributed by atoms with Crippen LogP contribution in [0, 0.1) is 0 Å². The maximum atomic E-state index is 13.4. The van der Waals surface area contributed by atoms with Gasteiger partial charge in [0.05, 0.1) is 18.3 Å². The van der Waals surface area contributed by atoms with Gasteiger partial charge in [-0.2, -0.15) is 0 Å². The SMILES string of the molecule is CCc1sc2ncn(CC(=O)c3cc4ccccc4o3)c(=O)c2c1-c1ccc(Br)cc1. The summed E-state index contributed by atoms with van der Waals surface area (Å²) in [5.74, 6) is -0.0310. The summed E-state index contributed by atoms with van der Waals surface area (Å²) in [6, 6.07) is 17.0. The summed E-state index contributed by atoms with van der Waals surface area (Å²) in [5, 5.41) is 1.42. The lowest BCUT2D eigenvalue weighted by Crippen LogP contribution is -2.24. The molecule has 0 radical (unpaired) electrons. The summed E-state index contributed by atoms with van der Waals surface area (Å²) < 4.78 is 8.01. The minimum absolute atomic E-state index is 0.126. The number of carbonyl (C=O) groups excluding carboxylic acids is 1. The van der Waals surface area contributed by atoms with Crippen LogP contribution >= 0.6 is 27.3 Å². The van der Waals surface area contributed by atoms with Crippen molar-refractivity contribution in [1.29, 1.82) is 0 Å². The predicted octanol–water partition coefficient (Wildman–Crippen LogP) is 6.08. The fourth-order valence-electron chi connectivity index (χ4n) is 3.71. The number of halogens is 1. The Morgan fingerprint density at radius 3 is 2.68 bits per heavy atom. The molecule has 0 spiro atoms. The summed E-state index contributed by atoms with van der Waals surface area (Å²) in [5.41, 5.74) is 2.29. The van der Waals surface area contributed by atoms with E-state index in [1.807, 2.05) is 48.5 Å². The molecule has 0 fully saturated rings. The molecule has 5 rings (SSSR count). The highest BCUT2D eigenvalue weighted by Crippen LogP contribution is 2.36. The Morgan fingerprint density at radius 1 is 1.16 bits per heavy atom. The molecule has 31 heavy (non-hydrogen) atoms. The molecule has 0 aliphatic heterocycles. The van der Waals surface area contributed by atoms with Gasteiger partial charge >= 0.3 is 0 Å². The Bertz CT molecular complexity index is 1460. The van der Waals surface area contributed by atoms with Crippen molar-refractivity contribution in [2.75, 3.05) is 0 Å². The fraction of sp³-hybridized carbons (Fsp3) is 0.125. The molecule has 0 amide bonds. The molecule has 0 aliphatic rings. The number of ketones is 1. The van der Waals surface area contributed by atoms with Crippen molar-refractivity contribution in [2.45, 2.75) is 19.9 Å². The second-order valence-corrected chi connectivity index (χ2v) is 9.19. The first-order valence-corrected chi connectivity index (χ1v) is 11.4. The molecular weight excluding hydrogens is 476 g/mol. The van der Waals surface area contributed by atoms with Crippen molar-refractivity contribution in [2.24, 2.45) is 0 Å². The van der Waals surface area contributed by atoms with Gasteiger partial charge in [-0.1, -0.05) is 53.2 Å². The average molecular weight is 493 g/mol. The predicted molar refractivity (Wildman–Crippen MR) is 127 cm³/mol. The van der Waals surface area contributed by atoms with Crippen molar-refractivity contribution >= 4 is 54.2 Å². The van der Waals surface area contributed by atoms with Crippen LogP contribution in [-0.2, 0) is 13.0 Å². The molecule has 0 saturated heterocycles. The molecule has 0 bridgehead atoms. The van der Waals surface area contributed by atoms with E-state index in [1.54, 1.807) is 6.07 Å². The standard InChI is InChI=1S/C24H17BrN2O3S/c1-2-20-21(14-7-9-16(25)10-8-14)22-23(31-20)26-13-27(24(22)29)12-17(28)19-11-15-5-3-4-6-18(15)30-19/h3-11,13H,2,12H2,1H3. The number of para-hydroxylation sites is 1. The zero-order chi connectivity index (χ0) is 21.5. The van der Waals surface area contributed by atoms with Crippen molar-refractivity contribution in [3.63, 3.8) is 0 Å². The van der Waals surface area contributed by atoms with Gasteiger partial charge in [-0.3, -0.25) is 14.2 Å². The van der Waals surface area contributed by atoms with E-state index >= 15 is 0 Å². The van der Waals surface area contributed by atoms with Crippen LogP contribution in [-0.4, -0.2) is 15.3 Å². The van der Waals surface area contributed by atoms with Crippen LogP contribution < -0.4 is 5.56 Å². The molecule has 3 aromatic heterocycles. The lowest BCUT2D eigenvalue weighted by atomic mass is 10.0. The Kier molecular flexibility index (Phi) is 5.08. The van der Waals surface area contributed by atoms with E-state index < -0.39 is 0 Å². The molecule has 0 aliphatic carbocycles. The normalized spacial score (nSPS) is 11.4. The Labute approximate surface area is 190 Å². The molecule has 5 aromatic rings. The van der Waals surface area contributed by atoms with E-state index in [1.165, 1.54) is 22.2 Å². The van der Waals surface area contributed by atoms with Crippen LogP contribution in [0.2, 0.25) is 0 Å². The second kappa shape index (κ2) is 7.90. The first-order valence-electron chi connectivity index (χ1n) is 9.83. The van der Waals surface area contributed by atoms with E-state index in [4.69, 9.17) is 4.42 Å². The molecule has 5 nitrogen and oxygen atoms in total. The first-order chi connectivity index (χ1) is 15.0. The van der Waals surface area contributed by atoms with Crippen molar-refractivity contribution in [3.05, 3.63) is 86.4 Å². The van der Waals surface area contributed by atoms with Gasteiger partial charge in [0.25, 0.3) is 5.56 Å². The number of aryl methyl sites for hydroxylation is 1. The smallest absolute Gasteiger partial charge is 0.263 e. The summed E-state index contributed by atoms with van der Waals surface area (Å²) in [6.45, 7) is 1.94. The van der Waals surface area contributed by atoms with Crippen LogP contribution in [0.1, 0.15) is 22.4 Å². The van der Waals surface area contributed by atoms with Crippen LogP contribution in [0.15, 0.2) is 74.6 Å². The highest BCUT2D eigenvalue weighted by Gasteiger charge is 2.20. The second-order valence-electron chi connectivity index (χ2n) is 7.19. The number of furan rings is 1. The molecule has 0 N–H and O–H groups in total. The molecule has 2 aromatic carbocycles. The molecule has 0 atom stereocenters. The van der Waals surface area contributed by atoms with Crippen LogP contribution in [0.4, 0.5) is 0 Å². The average Bonchev–Trinajstić information content (AvgIpc) is 3.38. The minimum Gasteiger partial charge on any atom is -0.453 e. The Balaban J connectivity index is 1.59. The van der Waals surface area contributed by atoms with Gasteiger partial charge in [0.2, 0.25) is 5.78 Å². The Morgan fingerprint density at radius 2 is 1.94 bits per heavy atom. The van der Waals surface area contributed by atoms with Gasteiger partial charge in [0, 0.05) is 20.3 Å². The third-order valence-corrected chi connectivity index (χ3v) is 6.99. The van der Waals surface area contributed by atoms with Gasteiger partial charge in [0.15, 0.2) is 5.76 Å². The number of carbonyl (C=O) groups is 1. The van der Waals surface area contributed by atoms with E-state index in [2.05, 4.69) is 27.8 Å². The van der Waals surface area contributed by atoms with Crippen LogP contribution in [0.3, 0.4) is 0 Å². The summed E-state index contributed by atoms with van der Waals surface area (Å²) in [7, 11) is 0. The van der Waals surface area contributed by atoms with Crippen molar-refractivity contribution < 1.29 is 9.21 Å². The lowest BCUT2D eigenvalue weighted by molar-refractivity contribution is 0.0945. The fourth-order valence-corrected chi connectivity index (χ4v) is 5.06. The van der Waals surface area contributed by atoms with Gasteiger partial charge < -0.3 is 4.42 Å². The van der Waals surface area contributed by atoms with Gasteiger partial charge in [-0.25, -0.2) is 4.98 Å². The molecular formula is C24H17BrN2O3S. The number of rotatable bonds is 5. The summed E-state index contributed by atoms with van der Waals surface area (Å²) in [6.07, 6.45) is 2.25. The molecule has 154 valence electrons. The maximum Gasteiger partial charge on any atom is 0.263 e. The molecule has 7 heteroatoms. The number of hydrogen-bond donors (Lipinski definition) is 0. The van der Waals surface area contributed by atoms with E-state index in [9.17, 15) is 9.59 Å². The van der Waals surface area contributed by atoms with Gasteiger partial charge in [0.1, 0.15) is 10.4 Å². The van der Waals surface area contributed by atoms with E-state index in [0.717, 1.165) is 32.3 Å². The van der Waals surface area contributed by atoms with Crippen molar-refractivity contribution in [3.8, 4) is 11.1 Å². The summed E-state index contributed by atoms with van der Waals surface area (Å²) >= 11 is 4.98. The largest absolute Gasteiger partial charge is 0.453 e. The van der Waals surface area contributed by atoms with Gasteiger partial charge in [-0.15, -0.1) is 11.3 Å². The van der Waals surface area contributed by atoms with Gasteiger partial charge in [-0.05, 0) is 36.2 Å². The number of fused-ring (bicyclic) bond motifs is 2. The highest BCUT2D eigenvalue weighted by molar-refractivity contribution is 9.10. The monoisotopic (exact) mass is 492 g/mol. The molecule has 0 saturated carbocycles. The first kappa shape index (κ1) is 19.9. The number of hydrogen-bond acceptors (Lipinski definition) is 5. The minimum atomic E-state index is -0.268. The van der Waals surface area contributed by atoms with E-state index in [-0.39, 0.29) is 23.6 Å². The molecule has 0 unspecified atom stereocenters. The lowest BCUT2D eigenvalue weighted by Gasteiger charge is -2.06. The van der Waals surface area contributed by atoms with Crippen molar-refractivity contribution in [1.82, 2.24) is 9.55 Å². The number of benzene rings is 2. The third kappa shape index (κ3) is 3.54. The zero-order valence-electron chi connectivity index (χ0n) is 16.6. The highest BCUT2D eigenvalue weighted by atomic mass is 79.9. The van der Waals surface area contributed by atoms with Crippen LogP contribution in [0.25, 0.3) is 32.3 Å². The quantitative estimate of drug-likeness (QED) is 0.279. The number of nitrogens with zero attached hydrogens (tertiary/aromatic N) is 2. The number of thiophene rings is 1. The Hall–Kier alpha value is -3.03. The van der Waals surface area contributed by atoms with Crippen LogP contribution in [0.5, 0.6) is 0 Å². The zero-order valence-corrected chi connectivity index (χ0v) is 19.0. The van der Waals surface area contributed by atoms with E-state index in [0.29, 0.717) is 15.8 Å². The number of aromatic nitrogens is 2. The molecule has 3 heterocycles. The third-order valence-electron chi connectivity index (χ3n) is 5.22. The summed E-state index contributed by atoms with van der Waals surface area (Å²) in [4.78, 5) is 32.5. The topological polar surface area (TPSA) is 65.1 Å². The number of Topliss-reactive ketones (excluding diaryl/α,β-unsaturated/α-hetero) is 1.